The Kier molecular flexibility index (Phi) is 4.65. The molecule has 1 unspecified atom stereocenters. The van der Waals surface area contributed by atoms with Crippen molar-refractivity contribution in [2.24, 2.45) is 0 Å². The van der Waals surface area contributed by atoms with Crippen molar-refractivity contribution in [3.05, 3.63) is 53.9 Å². The van der Waals surface area contributed by atoms with Gasteiger partial charge in [-0.3, -0.25) is 14.4 Å². The number of benzene rings is 2. The fourth-order valence-corrected chi connectivity index (χ4v) is 3.07. The first-order chi connectivity index (χ1) is 14.2. The third kappa shape index (κ3) is 3.81. The van der Waals surface area contributed by atoms with Gasteiger partial charge in [0.05, 0.1) is 28.7 Å². The van der Waals surface area contributed by atoms with E-state index in [-0.39, 0.29) is 28.7 Å². The fourth-order valence-electron chi connectivity index (χ4n) is 3.07. The third-order valence-corrected chi connectivity index (χ3v) is 4.48. The Morgan fingerprint density at radius 2 is 1.90 bits per heavy atom. The Balaban J connectivity index is 1.47. The molecule has 1 aliphatic rings. The lowest BCUT2D eigenvalue weighted by Crippen LogP contribution is -2.43. The molecule has 3 amide bonds. The van der Waals surface area contributed by atoms with Crippen molar-refractivity contribution in [3.63, 3.8) is 0 Å². The molecule has 0 saturated carbocycles. The van der Waals surface area contributed by atoms with Gasteiger partial charge < -0.3 is 20.9 Å². The van der Waals surface area contributed by atoms with Crippen LogP contribution in [0.4, 0.5) is 24.5 Å². The van der Waals surface area contributed by atoms with Gasteiger partial charge >= 0.3 is 6.18 Å². The second-order valence-corrected chi connectivity index (χ2v) is 6.63. The number of imidazole rings is 1. The summed E-state index contributed by atoms with van der Waals surface area (Å²) in [5.41, 5.74) is 1.02. The molecule has 2 heterocycles. The number of fused-ring (bicyclic) bond motifs is 2. The number of aromatic amines is 1. The molecule has 30 heavy (non-hydrogen) atoms. The smallest absolute Gasteiger partial charge is 0.340 e. The van der Waals surface area contributed by atoms with E-state index in [9.17, 15) is 27.6 Å². The molecule has 0 spiro atoms. The molecule has 0 fully saturated rings. The number of amides is 3. The van der Waals surface area contributed by atoms with Crippen LogP contribution in [0.5, 0.6) is 0 Å². The summed E-state index contributed by atoms with van der Waals surface area (Å²) in [6.45, 7) is 0. The van der Waals surface area contributed by atoms with E-state index < -0.39 is 35.8 Å². The van der Waals surface area contributed by atoms with Crippen molar-refractivity contribution in [1.82, 2.24) is 15.3 Å². The summed E-state index contributed by atoms with van der Waals surface area (Å²) < 4.78 is 38.3. The average molecular weight is 417 g/mol. The Labute approximate surface area is 166 Å². The molecule has 0 bridgehead atoms. The van der Waals surface area contributed by atoms with Gasteiger partial charge in [-0.05, 0) is 30.3 Å². The zero-order valence-electron chi connectivity index (χ0n) is 15.1. The molecule has 8 nitrogen and oxygen atoms in total. The van der Waals surface area contributed by atoms with E-state index in [0.29, 0.717) is 5.69 Å². The maximum atomic E-state index is 12.8. The predicted octanol–water partition coefficient (Wildman–Crippen LogP) is 2.66. The van der Waals surface area contributed by atoms with Crippen molar-refractivity contribution in [2.75, 3.05) is 10.6 Å². The molecule has 4 N–H and O–H groups in total. The van der Waals surface area contributed by atoms with Crippen molar-refractivity contribution in [1.29, 1.82) is 0 Å². The molecular weight excluding hydrogens is 403 g/mol. The normalized spacial score (nSPS) is 16.4. The number of rotatable bonds is 3. The van der Waals surface area contributed by atoms with Crippen LogP contribution in [0.25, 0.3) is 11.0 Å². The first-order valence-corrected chi connectivity index (χ1v) is 8.78. The number of nitrogens with one attached hydrogen (secondary N) is 4. The van der Waals surface area contributed by atoms with Gasteiger partial charge in [-0.15, -0.1) is 0 Å². The van der Waals surface area contributed by atoms with E-state index in [1.807, 2.05) is 0 Å². The number of H-pyrrole nitrogens is 1. The van der Waals surface area contributed by atoms with E-state index in [1.54, 1.807) is 24.3 Å². The number of hydrogen-bond donors (Lipinski definition) is 4. The Hall–Kier alpha value is -3.89. The number of hydrogen-bond acceptors (Lipinski definition) is 4. The van der Waals surface area contributed by atoms with Crippen molar-refractivity contribution in [3.8, 4) is 0 Å². The lowest BCUT2D eigenvalue weighted by molar-refractivity contribution is -0.144. The number of alkyl halides is 3. The topological polar surface area (TPSA) is 116 Å². The summed E-state index contributed by atoms with van der Waals surface area (Å²) in [6, 6.07) is 9.33. The highest BCUT2D eigenvalue weighted by atomic mass is 19.4. The van der Waals surface area contributed by atoms with Crippen molar-refractivity contribution in [2.45, 2.75) is 18.6 Å². The zero-order valence-corrected chi connectivity index (χ0v) is 15.1. The van der Waals surface area contributed by atoms with Crippen LogP contribution >= 0.6 is 0 Å². The number of carbonyl (C=O) groups is 3. The molecule has 4 rings (SSSR count). The van der Waals surface area contributed by atoms with Crippen LogP contribution in [0.2, 0.25) is 0 Å². The van der Waals surface area contributed by atoms with Crippen LogP contribution in [-0.4, -0.2) is 33.7 Å². The van der Waals surface area contributed by atoms with Gasteiger partial charge in [-0.2, -0.15) is 13.2 Å². The molecule has 0 saturated heterocycles. The first-order valence-electron chi connectivity index (χ1n) is 8.78. The zero-order chi connectivity index (χ0) is 21.5. The van der Waals surface area contributed by atoms with Crippen LogP contribution < -0.4 is 16.0 Å². The van der Waals surface area contributed by atoms with Crippen molar-refractivity contribution >= 4 is 40.1 Å². The highest BCUT2D eigenvalue weighted by molar-refractivity contribution is 6.11. The molecule has 0 aliphatic carbocycles. The number of anilines is 2. The largest absolute Gasteiger partial charge is 0.449 e. The van der Waals surface area contributed by atoms with Gasteiger partial charge in [0.15, 0.2) is 0 Å². The Morgan fingerprint density at radius 3 is 2.67 bits per heavy atom. The number of para-hydroxylation sites is 1. The highest BCUT2D eigenvalue weighted by Gasteiger charge is 2.34. The third-order valence-electron chi connectivity index (χ3n) is 4.48. The summed E-state index contributed by atoms with van der Waals surface area (Å²) in [7, 11) is 0. The van der Waals surface area contributed by atoms with Gasteiger partial charge in [-0.25, -0.2) is 4.98 Å². The summed E-state index contributed by atoms with van der Waals surface area (Å²) in [5, 5.41) is 7.60. The number of aromatic nitrogens is 2. The number of halogens is 3. The van der Waals surface area contributed by atoms with Gasteiger partial charge in [-0.1, -0.05) is 12.1 Å². The first kappa shape index (κ1) is 19.4. The minimum Gasteiger partial charge on any atom is -0.340 e. The molecule has 11 heteroatoms. The number of carbonyl (C=O) groups excluding carboxylic acids is 3. The summed E-state index contributed by atoms with van der Waals surface area (Å²) in [6.07, 6.45) is -4.98. The maximum absolute atomic E-state index is 12.8. The van der Waals surface area contributed by atoms with Gasteiger partial charge in [0, 0.05) is 5.69 Å². The summed E-state index contributed by atoms with van der Waals surface area (Å²) in [5.74, 6) is -2.79. The van der Waals surface area contributed by atoms with Crippen LogP contribution in [0.1, 0.15) is 22.6 Å². The van der Waals surface area contributed by atoms with Crippen molar-refractivity contribution < 1.29 is 27.6 Å². The van der Waals surface area contributed by atoms with Crippen LogP contribution in [0.3, 0.4) is 0 Å². The lowest BCUT2D eigenvalue weighted by atomic mass is 10.1. The second-order valence-electron chi connectivity index (χ2n) is 6.63. The monoisotopic (exact) mass is 417 g/mol. The molecule has 3 aromatic rings. The number of nitrogens with zero attached hydrogens (tertiary/aromatic N) is 1. The SMILES string of the molecule is O=C(CC1NC(=O)c2ccccc2NC1=O)Nc1ccc2nc(C(F)(F)F)[nH]c2c1. The van der Waals surface area contributed by atoms with Crippen LogP contribution in [0, 0.1) is 0 Å². The Morgan fingerprint density at radius 1 is 1.13 bits per heavy atom. The summed E-state index contributed by atoms with van der Waals surface area (Å²) >= 11 is 0. The minimum atomic E-state index is -4.62. The van der Waals surface area contributed by atoms with E-state index in [1.165, 1.54) is 18.2 Å². The predicted molar refractivity (Wildman–Crippen MR) is 101 cm³/mol. The van der Waals surface area contributed by atoms with Gasteiger partial charge in [0.2, 0.25) is 17.6 Å². The molecule has 1 aliphatic heterocycles. The second kappa shape index (κ2) is 7.17. The standard InChI is InChI=1S/C19H14F3N5O3/c20-19(21,22)18-26-12-6-5-9(7-13(12)27-18)23-15(28)8-14-17(30)24-11-4-2-1-3-10(11)16(29)25-14/h1-7,14H,8H2,(H,23,28)(H,24,30)(H,25,29)(H,26,27). The summed E-state index contributed by atoms with van der Waals surface area (Å²) in [4.78, 5) is 42.6. The van der Waals surface area contributed by atoms with Gasteiger partial charge in [0.25, 0.3) is 5.91 Å². The highest BCUT2D eigenvalue weighted by Crippen LogP contribution is 2.29. The minimum absolute atomic E-state index is 0.0912. The maximum Gasteiger partial charge on any atom is 0.449 e. The van der Waals surface area contributed by atoms with E-state index in [0.717, 1.165) is 0 Å². The molecule has 0 radical (unpaired) electrons. The van der Waals surface area contributed by atoms with E-state index >= 15 is 0 Å². The fraction of sp³-hybridized carbons (Fsp3) is 0.158. The van der Waals surface area contributed by atoms with Crippen LogP contribution in [-0.2, 0) is 15.8 Å². The average Bonchev–Trinajstić information content (AvgIpc) is 3.07. The van der Waals surface area contributed by atoms with E-state index in [4.69, 9.17) is 0 Å². The van der Waals surface area contributed by atoms with Gasteiger partial charge in [0.1, 0.15) is 6.04 Å². The molecule has 2 aromatic carbocycles. The molecule has 1 aromatic heterocycles. The Bertz CT molecular complexity index is 1170. The van der Waals surface area contributed by atoms with Crippen LogP contribution in [0.15, 0.2) is 42.5 Å². The lowest BCUT2D eigenvalue weighted by Gasteiger charge is -2.14. The molecular formula is C19H14F3N5O3. The van der Waals surface area contributed by atoms with E-state index in [2.05, 4.69) is 25.9 Å². The quantitative estimate of drug-likeness (QED) is 0.524. The molecule has 154 valence electrons. The molecule has 1 atom stereocenters.